The van der Waals surface area contributed by atoms with Gasteiger partial charge in [0.1, 0.15) is 0 Å². The molecule has 1 aliphatic rings. The van der Waals surface area contributed by atoms with E-state index in [1.54, 1.807) is 12.1 Å². The third kappa shape index (κ3) is 4.11. The van der Waals surface area contributed by atoms with Crippen LogP contribution in [0.15, 0.2) is 24.3 Å². The number of carbonyl (C=O) groups is 2. The Hall–Kier alpha value is -2.67. The first-order valence-corrected chi connectivity index (χ1v) is 9.03. The lowest BCUT2D eigenvalue weighted by atomic mass is 10.1. The van der Waals surface area contributed by atoms with E-state index >= 15 is 0 Å². The van der Waals surface area contributed by atoms with Gasteiger partial charge in [0.25, 0.3) is 11.8 Å². The van der Waals surface area contributed by atoms with Crippen LogP contribution in [0.25, 0.3) is 0 Å². The summed E-state index contributed by atoms with van der Waals surface area (Å²) in [6.45, 7) is 5.89. The van der Waals surface area contributed by atoms with Crippen molar-refractivity contribution in [2.45, 2.75) is 45.8 Å². The van der Waals surface area contributed by atoms with Gasteiger partial charge in [-0.05, 0) is 31.0 Å². The van der Waals surface area contributed by atoms with Crippen molar-refractivity contribution in [2.75, 3.05) is 6.54 Å². The van der Waals surface area contributed by atoms with E-state index < -0.39 is 0 Å². The number of benzene rings is 1. The summed E-state index contributed by atoms with van der Waals surface area (Å²) in [7, 11) is 0. The van der Waals surface area contributed by atoms with E-state index in [-0.39, 0.29) is 17.9 Å². The van der Waals surface area contributed by atoms with Gasteiger partial charge in [0.2, 0.25) is 0 Å². The fourth-order valence-corrected chi connectivity index (χ4v) is 2.91. The standard InChI is InChI=1S/C19H25N5O2/c1-3-12(2)22-18(25)14-6-4-5-13(9-14)10-21-19(26)17-15-11-20-8-7-16(15)23-24-17/h4-6,9,12,20H,3,7-8,10-11H2,1-2H3,(H,21,26)(H,22,25)(H,23,24). The van der Waals surface area contributed by atoms with Gasteiger partial charge in [-0.15, -0.1) is 0 Å². The van der Waals surface area contributed by atoms with Gasteiger partial charge in [0.15, 0.2) is 5.69 Å². The molecule has 0 radical (unpaired) electrons. The summed E-state index contributed by atoms with van der Waals surface area (Å²) < 4.78 is 0. The van der Waals surface area contributed by atoms with Crippen molar-refractivity contribution in [1.82, 2.24) is 26.1 Å². The fourth-order valence-electron chi connectivity index (χ4n) is 2.91. The molecule has 4 N–H and O–H groups in total. The molecule has 0 spiro atoms. The number of carbonyl (C=O) groups excluding carboxylic acids is 2. The third-order valence-corrected chi connectivity index (χ3v) is 4.65. The van der Waals surface area contributed by atoms with Gasteiger partial charge in [0.05, 0.1) is 0 Å². The molecular formula is C19H25N5O2. The van der Waals surface area contributed by atoms with Gasteiger partial charge in [-0.1, -0.05) is 19.1 Å². The number of nitrogens with one attached hydrogen (secondary N) is 4. The van der Waals surface area contributed by atoms with Gasteiger partial charge in [-0.3, -0.25) is 14.7 Å². The highest BCUT2D eigenvalue weighted by atomic mass is 16.2. The lowest BCUT2D eigenvalue weighted by molar-refractivity contribution is 0.0935. The number of hydrogen-bond donors (Lipinski definition) is 4. The van der Waals surface area contributed by atoms with Crippen LogP contribution >= 0.6 is 0 Å². The molecule has 138 valence electrons. The Morgan fingerprint density at radius 3 is 2.96 bits per heavy atom. The number of hydrogen-bond acceptors (Lipinski definition) is 4. The number of aromatic nitrogens is 2. The van der Waals surface area contributed by atoms with Crippen LogP contribution in [0.2, 0.25) is 0 Å². The molecule has 3 rings (SSSR count). The Kier molecular flexibility index (Phi) is 5.68. The van der Waals surface area contributed by atoms with Crippen LogP contribution in [0, 0.1) is 0 Å². The molecule has 2 amide bonds. The summed E-state index contributed by atoms with van der Waals surface area (Å²) in [5.74, 6) is -0.305. The summed E-state index contributed by atoms with van der Waals surface area (Å²) in [5, 5.41) is 16.2. The van der Waals surface area contributed by atoms with E-state index in [0.29, 0.717) is 24.3 Å². The first-order chi connectivity index (χ1) is 12.6. The number of amides is 2. The Balaban J connectivity index is 1.63. The fraction of sp³-hybridized carbons (Fsp3) is 0.421. The van der Waals surface area contributed by atoms with Gasteiger partial charge >= 0.3 is 0 Å². The van der Waals surface area contributed by atoms with Gasteiger partial charge in [-0.2, -0.15) is 5.10 Å². The van der Waals surface area contributed by atoms with Crippen LogP contribution < -0.4 is 16.0 Å². The van der Waals surface area contributed by atoms with Gasteiger partial charge in [0, 0.05) is 48.9 Å². The highest BCUT2D eigenvalue weighted by molar-refractivity contribution is 5.95. The molecule has 1 aromatic heterocycles. The Morgan fingerprint density at radius 2 is 2.15 bits per heavy atom. The van der Waals surface area contributed by atoms with Gasteiger partial charge < -0.3 is 16.0 Å². The maximum Gasteiger partial charge on any atom is 0.272 e. The van der Waals surface area contributed by atoms with Crippen molar-refractivity contribution in [1.29, 1.82) is 0 Å². The molecule has 7 heteroatoms. The summed E-state index contributed by atoms with van der Waals surface area (Å²) in [5.41, 5.74) is 3.88. The van der Waals surface area contributed by atoms with E-state index in [2.05, 4.69) is 26.1 Å². The second-order valence-electron chi connectivity index (χ2n) is 6.62. The minimum atomic E-state index is -0.208. The second kappa shape index (κ2) is 8.14. The molecule has 1 aromatic carbocycles. The van der Waals surface area contributed by atoms with Crippen LogP contribution in [0.1, 0.15) is 57.9 Å². The maximum atomic E-state index is 12.5. The quantitative estimate of drug-likeness (QED) is 0.631. The number of fused-ring (bicyclic) bond motifs is 1. The molecule has 26 heavy (non-hydrogen) atoms. The molecule has 7 nitrogen and oxygen atoms in total. The molecule has 1 aliphatic heterocycles. The average Bonchev–Trinajstić information content (AvgIpc) is 3.10. The molecule has 0 fully saturated rings. The molecule has 0 bridgehead atoms. The van der Waals surface area contributed by atoms with Crippen LogP contribution in [-0.2, 0) is 19.5 Å². The summed E-state index contributed by atoms with van der Waals surface area (Å²) >= 11 is 0. The average molecular weight is 355 g/mol. The molecule has 0 saturated carbocycles. The Morgan fingerprint density at radius 1 is 1.31 bits per heavy atom. The smallest absolute Gasteiger partial charge is 0.272 e. The molecule has 1 unspecified atom stereocenters. The molecule has 1 atom stereocenters. The normalized spacial score (nSPS) is 14.4. The third-order valence-electron chi connectivity index (χ3n) is 4.65. The minimum absolute atomic E-state index is 0.0972. The number of aromatic amines is 1. The van der Waals surface area contributed by atoms with Crippen molar-refractivity contribution in [3.05, 3.63) is 52.3 Å². The van der Waals surface area contributed by atoms with E-state index in [0.717, 1.165) is 36.2 Å². The molecular weight excluding hydrogens is 330 g/mol. The van der Waals surface area contributed by atoms with Crippen molar-refractivity contribution in [3.63, 3.8) is 0 Å². The predicted octanol–water partition coefficient (Wildman–Crippen LogP) is 1.51. The zero-order valence-corrected chi connectivity index (χ0v) is 15.2. The molecule has 0 aliphatic carbocycles. The van der Waals surface area contributed by atoms with Crippen LogP contribution in [0.3, 0.4) is 0 Å². The monoisotopic (exact) mass is 355 g/mol. The van der Waals surface area contributed by atoms with Crippen molar-refractivity contribution in [2.24, 2.45) is 0 Å². The zero-order chi connectivity index (χ0) is 18.5. The van der Waals surface area contributed by atoms with Crippen LogP contribution in [0.4, 0.5) is 0 Å². The molecule has 0 saturated heterocycles. The second-order valence-corrected chi connectivity index (χ2v) is 6.62. The number of nitrogens with zero attached hydrogens (tertiary/aromatic N) is 1. The summed E-state index contributed by atoms with van der Waals surface area (Å²) in [6, 6.07) is 7.43. The largest absolute Gasteiger partial charge is 0.350 e. The lowest BCUT2D eigenvalue weighted by Gasteiger charge is -2.13. The summed E-state index contributed by atoms with van der Waals surface area (Å²) in [4.78, 5) is 24.7. The van der Waals surface area contributed by atoms with Gasteiger partial charge in [-0.25, -0.2) is 0 Å². The van der Waals surface area contributed by atoms with Crippen LogP contribution in [-0.4, -0.2) is 34.6 Å². The molecule has 2 heterocycles. The van der Waals surface area contributed by atoms with E-state index in [1.807, 2.05) is 26.0 Å². The first kappa shape index (κ1) is 18.1. The summed E-state index contributed by atoms with van der Waals surface area (Å²) in [6.07, 6.45) is 1.73. The topological polar surface area (TPSA) is 98.9 Å². The SMILES string of the molecule is CCC(C)NC(=O)c1cccc(CNC(=O)c2n[nH]c3c2CNCC3)c1. The highest BCUT2D eigenvalue weighted by Gasteiger charge is 2.21. The Labute approximate surface area is 153 Å². The number of H-pyrrole nitrogens is 1. The highest BCUT2D eigenvalue weighted by Crippen LogP contribution is 2.15. The van der Waals surface area contributed by atoms with E-state index in [1.165, 1.54) is 0 Å². The van der Waals surface area contributed by atoms with Crippen molar-refractivity contribution in [3.8, 4) is 0 Å². The van der Waals surface area contributed by atoms with Crippen molar-refractivity contribution < 1.29 is 9.59 Å². The Bertz CT molecular complexity index is 799. The molecule has 2 aromatic rings. The van der Waals surface area contributed by atoms with E-state index in [4.69, 9.17) is 0 Å². The van der Waals surface area contributed by atoms with E-state index in [9.17, 15) is 9.59 Å². The maximum absolute atomic E-state index is 12.5. The van der Waals surface area contributed by atoms with Crippen LogP contribution in [0.5, 0.6) is 0 Å². The lowest BCUT2D eigenvalue weighted by Crippen LogP contribution is -2.32. The number of rotatable bonds is 6. The first-order valence-electron chi connectivity index (χ1n) is 9.03. The minimum Gasteiger partial charge on any atom is -0.350 e. The zero-order valence-electron chi connectivity index (χ0n) is 15.2. The van der Waals surface area contributed by atoms with Crippen molar-refractivity contribution >= 4 is 11.8 Å². The predicted molar refractivity (Wildman–Crippen MR) is 98.8 cm³/mol.